The van der Waals surface area contributed by atoms with E-state index in [4.69, 9.17) is 9.47 Å². The number of nitrogens with one attached hydrogen (secondary N) is 1. The van der Waals surface area contributed by atoms with Crippen LogP contribution in [0.2, 0.25) is 0 Å². The molecule has 30 heavy (non-hydrogen) atoms. The first-order valence-electron chi connectivity index (χ1n) is 9.55. The van der Waals surface area contributed by atoms with Gasteiger partial charge < -0.3 is 14.8 Å². The summed E-state index contributed by atoms with van der Waals surface area (Å²) in [5.41, 5.74) is 1.19. The van der Waals surface area contributed by atoms with Gasteiger partial charge in [-0.1, -0.05) is 6.07 Å². The molecule has 2 aromatic carbocycles. The van der Waals surface area contributed by atoms with Crippen LogP contribution in [0.4, 0.5) is 10.1 Å². The molecule has 0 unspecified atom stereocenters. The molecule has 2 aromatic rings. The second-order valence-electron chi connectivity index (χ2n) is 7.14. The number of halogens is 1. The van der Waals surface area contributed by atoms with Crippen LogP contribution in [-0.2, 0) is 14.8 Å². The molecular weight excluding hydrogens is 411 g/mol. The van der Waals surface area contributed by atoms with E-state index in [2.05, 4.69) is 5.32 Å². The second-order valence-corrected chi connectivity index (χ2v) is 9.05. The molecule has 1 heterocycles. The van der Waals surface area contributed by atoms with Gasteiger partial charge in [-0.2, -0.15) is 4.31 Å². The van der Waals surface area contributed by atoms with Gasteiger partial charge in [0.15, 0.2) is 0 Å². The monoisotopic (exact) mass is 436 g/mol. The molecule has 1 aliphatic heterocycles. The van der Waals surface area contributed by atoms with Crippen LogP contribution in [0.1, 0.15) is 18.4 Å². The molecule has 0 aliphatic carbocycles. The fourth-order valence-electron chi connectivity index (χ4n) is 3.45. The number of carbonyl (C=O) groups is 1. The lowest BCUT2D eigenvalue weighted by molar-refractivity contribution is -0.120. The molecule has 9 heteroatoms. The zero-order chi connectivity index (χ0) is 21.9. The quantitative estimate of drug-likeness (QED) is 0.752. The molecule has 0 spiro atoms. The van der Waals surface area contributed by atoms with Crippen molar-refractivity contribution in [2.75, 3.05) is 32.6 Å². The van der Waals surface area contributed by atoms with Crippen molar-refractivity contribution in [3.05, 3.63) is 47.8 Å². The van der Waals surface area contributed by atoms with E-state index < -0.39 is 15.8 Å². The summed E-state index contributed by atoms with van der Waals surface area (Å²) in [5, 5.41) is 2.76. The van der Waals surface area contributed by atoms with Gasteiger partial charge in [0, 0.05) is 30.8 Å². The van der Waals surface area contributed by atoms with Crippen molar-refractivity contribution < 1.29 is 27.1 Å². The minimum Gasteiger partial charge on any atom is -0.497 e. The molecule has 0 atom stereocenters. The molecule has 1 N–H and O–H groups in total. The Morgan fingerprint density at radius 2 is 1.80 bits per heavy atom. The van der Waals surface area contributed by atoms with Crippen molar-refractivity contribution in [2.24, 2.45) is 5.92 Å². The summed E-state index contributed by atoms with van der Waals surface area (Å²) < 4.78 is 51.4. The lowest BCUT2D eigenvalue weighted by Gasteiger charge is -2.31. The third kappa shape index (κ3) is 4.57. The van der Waals surface area contributed by atoms with Crippen LogP contribution >= 0.6 is 0 Å². The van der Waals surface area contributed by atoms with Gasteiger partial charge in [-0.3, -0.25) is 4.79 Å². The molecule has 3 rings (SSSR count). The number of benzene rings is 2. The summed E-state index contributed by atoms with van der Waals surface area (Å²) in [6.45, 7) is 2.18. The molecular formula is C21H25FN2O5S. The SMILES string of the molecule is COc1ccc(OC)c(S(=O)(=O)N2CCC(C(=O)Nc3cc(F)ccc3C)CC2)c1. The number of hydrogen-bond acceptors (Lipinski definition) is 5. The van der Waals surface area contributed by atoms with Crippen LogP contribution in [0.25, 0.3) is 0 Å². The van der Waals surface area contributed by atoms with E-state index in [1.807, 2.05) is 0 Å². The highest BCUT2D eigenvalue weighted by atomic mass is 32.2. The number of methoxy groups -OCH3 is 2. The summed E-state index contributed by atoms with van der Waals surface area (Å²) in [5.74, 6) is -0.374. The maximum Gasteiger partial charge on any atom is 0.246 e. The first kappa shape index (κ1) is 22.0. The van der Waals surface area contributed by atoms with E-state index in [0.29, 0.717) is 24.3 Å². The minimum atomic E-state index is -3.81. The number of hydrogen-bond donors (Lipinski definition) is 1. The second kappa shape index (κ2) is 9.01. The van der Waals surface area contributed by atoms with E-state index in [1.54, 1.807) is 25.1 Å². The van der Waals surface area contributed by atoms with Crippen LogP contribution < -0.4 is 14.8 Å². The largest absolute Gasteiger partial charge is 0.497 e. The third-order valence-electron chi connectivity index (χ3n) is 5.27. The lowest BCUT2D eigenvalue weighted by atomic mass is 9.97. The van der Waals surface area contributed by atoms with E-state index in [-0.39, 0.29) is 35.6 Å². The molecule has 0 saturated carbocycles. The number of ether oxygens (including phenoxy) is 2. The number of carbonyl (C=O) groups excluding carboxylic acids is 1. The van der Waals surface area contributed by atoms with Gasteiger partial charge in [0.2, 0.25) is 15.9 Å². The maximum atomic E-state index is 13.5. The van der Waals surface area contributed by atoms with Crippen LogP contribution in [0.3, 0.4) is 0 Å². The van der Waals surface area contributed by atoms with Crippen LogP contribution in [0, 0.1) is 18.7 Å². The van der Waals surface area contributed by atoms with Crippen molar-refractivity contribution in [1.82, 2.24) is 4.31 Å². The Labute approximate surface area is 175 Å². The average Bonchev–Trinajstić information content (AvgIpc) is 2.75. The van der Waals surface area contributed by atoms with Crippen molar-refractivity contribution in [3.8, 4) is 11.5 Å². The van der Waals surface area contributed by atoms with Crippen molar-refractivity contribution >= 4 is 21.6 Å². The summed E-state index contributed by atoms with van der Waals surface area (Å²) in [6, 6.07) is 8.82. The number of nitrogens with zero attached hydrogens (tertiary/aromatic N) is 1. The van der Waals surface area contributed by atoms with E-state index >= 15 is 0 Å². The Bertz CT molecular complexity index is 1030. The molecule has 1 fully saturated rings. The molecule has 0 aromatic heterocycles. The number of piperidine rings is 1. The van der Waals surface area contributed by atoms with Crippen LogP contribution in [0.15, 0.2) is 41.3 Å². The smallest absolute Gasteiger partial charge is 0.246 e. The Balaban J connectivity index is 1.70. The predicted octanol–water partition coefficient (Wildman–Crippen LogP) is 3.19. The molecule has 0 bridgehead atoms. The maximum absolute atomic E-state index is 13.5. The summed E-state index contributed by atoms with van der Waals surface area (Å²) in [6.07, 6.45) is 0.734. The number of sulfonamides is 1. The van der Waals surface area contributed by atoms with Crippen molar-refractivity contribution in [3.63, 3.8) is 0 Å². The molecule has 7 nitrogen and oxygen atoms in total. The minimum absolute atomic E-state index is 0.0302. The molecule has 1 amide bonds. The molecule has 1 aliphatic rings. The highest BCUT2D eigenvalue weighted by Gasteiger charge is 2.34. The van der Waals surface area contributed by atoms with Crippen molar-refractivity contribution in [2.45, 2.75) is 24.7 Å². The van der Waals surface area contributed by atoms with Gasteiger partial charge in [-0.05, 0) is 49.6 Å². The first-order valence-corrected chi connectivity index (χ1v) is 11.0. The predicted molar refractivity (Wildman–Crippen MR) is 111 cm³/mol. The normalized spacial score (nSPS) is 15.6. The first-order chi connectivity index (χ1) is 14.3. The Morgan fingerprint density at radius 3 is 2.43 bits per heavy atom. The fourth-order valence-corrected chi connectivity index (χ4v) is 5.09. The number of aryl methyl sites for hydroxylation is 1. The zero-order valence-electron chi connectivity index (χ0n) is 17.1. The average molecular weight is 437 g/mol. The number of anilines is 1. The van der Waals surface area contributed by atoms with E-state index in [0.717, 1.165) is 5.56 Å². The van der Waals surface area contributed by atoms with Gasteiger partial charge in [-0.15, -0.1) is 0 Å². The molecule has 0 radical (unpaired) electrons. The molecule has 1 saturated heterocycles. The fraction of sp³-hybridized carbons (Fsp3) is 0.381. The van der Waals surface area contributed by atoms with E-state index in [1.165, 1.54) is 36.7 Å². The van der Waals surface area contributed by atoms with Gasteiger partial charge in [-0.25, -0.2) is 12.8 Å². The van der Waals surface area contributed by atoms with Gasteiger partial charge in [0.25, 0.3) is 0 Å². The van der Waals surface area contributed by atoms with Gasteiger partial charge in [0.05, 0.1) is 14.2 Å². The standard InChI is InChI=1S/C21H25FN2O5S/c1-14-4-5-16(22)12-18(14)23-21(25)15-8-10-24(11-9-15)30(26,27)20-13-17(28-2)6-7-19(20)29-3/h4-7,12-13,15H,8-11H2,1-3H3,(H,23,25). The molecule has 162 valence electrons. The van der Waals surface area contributed by atoms with Crippen LogP contribution in [-0.4, -0.2) is 45.9 Å². The van der Waals surface area contributed by atoms with Crippen molar-refractivity contribution in [1.29, 1.82) is 0 Å². The van der Waals surface area contributed by atoms with Crippen LogP contribution in [0.5, 0.6) is 11.5 Å². The highest BCUT2D eigenvalue weighted by Crippen LogP contribution is 2.33. The summed E-state index contributed by atoms with van der Waals surface area (Å²) in [7, 11) is -0.941. The summed E-state index contributed by atoms with van der Waals surface area (Å²) in [4.78, 5) is 12.6. The van der Waals surface area contributed by atoms with E-state index in [9.17, 15) is 17.6 Å². The lowest BCUT2D eigenvalue weighted by Crippen LogP contribution is -2.41. The Kier molecular flexibility index (Phi) is 6.62. The zero-order valence-corrected chi connectivity index (χ0v) is 18.0. The Morgan fingerprint density at radius 1 is 1.10 bits per heavy atom. The highest BCUT2D eigenvalue weighted by molar-refractivity contribution is 7.89. The number of amides is 1. The van der Waals surface area contributed by atoms with Gasteiger partial charge in [0.1, 0.15) is 22.2 Å². The number of rotatable bonds is 6. The van der Waals surface area contributed by atoms with Gasteiger partial charge >= 0.3 is 0 Å². The summed E-state index contributed by atoms with van der Waals surface area (Å²) >= 11 is 0. The Hall–Kier alpha value is -2.65. The third-order valence-corrected chi connectivity index (χ3v) is 7.19. The topological polar surface area (TPSA) is 84.9 Å².